The van der Waals surface area contributed by atoms with Gasteiger partial charge in [0.15, 0.2) is 8.07 Å². The average molecular weight is 908 g/mol. The summed E-state index contributed by atoms with van der Waals surface area (Å²) in [6, 6.07) is 102. The maximum absolute atomic E-state index is 3.15. The van der Waals surface area contributed by atoms with E-state index in [9.17, 15) is 0 Å². The third-order valence-corrected chi connectivity index (χ3v) is 19.6. The molecule has 4 heteroatoms. The number of hydrogen-bond donors (Lipinski definition) is 0. The molecule has 11 aromatic carbocycles. The molecular formula is C66H45N3Si. The molecule has 3 heterocycles. The van der Waals surface area contributed by atoms with Crippen LogP contribution in [0.1, 0.15) is 0 Å². The molecule has 328 valence electrons. The normalized spacial score (nSPS) is 12.0. The molecule has 0 bridgehead atoms. The highest BCUT2D eigenvalue weighted by Crippen LogP contribution is 2.41. The summed E-state index contributed by atoms with van der Waals surface area (Å²) < 4.78 is 7.47. The summed E-state index contributed by atoms with van der Waals surface area (Å²) in [4.78, 5) is 0. The lowest BCUT2D eigenvalue weighted by atomic mass is 10.0. The molecule has 0 fully saturated rings. The smallest absolute Gasteiger partial charge is 0.179 e. The molecule has 0 aliphatic rings. The highest BCUT2D eigenvalue weighted by Gasteiger charge is 2.42. The largest absolute Gasteiger partial charge is 0.309 e. The van der Waals surface area contributed by atoms with E-state index in [4.69, 9.17) is 0 Å². The maximum atomic E-state index is 2.57. The fourth-order valence-electron chi connectivity index (χ4n) is 11.9. The second-order valence-electron chi connectivity index (χ2n) is 18.4. The SMILES string of the molecule is c1ccc([Si](c2ccccc2)(c2cccc(-n3c4ccccc4c4ccccc43)c2)c2ccc(-c3ccccc3-n3c4ccccc4c4ccccc43)c(-n3c4ccccc4c4ccccc43)c2)cc1. The molecule has 0 saturated carbocycles. The quantitative estimate of drug-likeness (QED) is 0.107. The van der Waals surface area contributed by atoms with Crippen LogP contribution in [0.15, 0.2) is 273 Å². The van der Waals surface area contributed by atoms with Gasteiger partial charge in [-0.1, -0.05) is 212 Å². The molecule has 3 aromatic heterocycles. The van der Waals surface area contributed by atoms with Crippen molar-refractivity contribution in [1.82, 2.24) is 13.7 Å². The Hall–Kier alpha value is -8.96. The van der Waals surface area contributed by atoms with Gasteiger partial charge in [-0.05, 0) is 81.4 Å². The zero-order valence-corrected chi connectivity index (χ0v) is 39.3. The molecule has 0 radical (unpaired) electrons. The number of rotatable bonds is 8. The minimum absolute atomic E-state index is 1.14. The predicted octanol–water partition coefficient (Wildman–Crippen LogP) is 14.0. The Labute approximate surface area is 407 Å². The Morgan fingerprint density at radius 3 is 1.03 bits per heavy atom. The number of aromatic nitrogens is 3. The van der Waals surface area contributed by atoms with Gasteiger partial charge in [0.05, 0.1) is 44.5 Å². The lowest BCUT2D eigenvalue weighted by Crippen LogP contribution is -2.74. The Bertz CT molecular complexity index is 4110. The summed E-state index contributed by atoms with van der Waals surface area (Å²) >= 11 is 0. The Morgan fingerprint density at radius 1 is 0.214 bits per heavy atom. The molecular weight excluding hydrogens is 863 g/mol. The summed E-state index contributed by atoms with van der Waals surface area (Å²) in [7, 11) is -3.15. The van der Waals surface area contributed by atoms with Gasteiger partial charge in [0, 0.05) is 49.1 Å². The van der Waals surface area contributed by atoms with Gasteiger partial charge >= 0.3 is 0 Å². The Balaban J connectivity index is 1.11. The maximum Gasteiger partial charge on any atom is 0.179 e. The van der Waals surface area contributed by atoms with Gasteiger partial charge in [0.1, 0.15) is 0 Å². The van der Waals surface area contributed by atoms with E-state index >= 15 is 0 Å². The zero-order valence-electron chi connectivity index (χ0n) is 38.3. The summed E-state index contributed by atoms with van der Waals surface area (Å²) in [5.74, 6) is 0. The third kappa shape index (κ3) is 5.94. The van der Waals surface area contributed by atoms with Crippen LogP contribution in [0, 0.1) is 0 Å². The molecule has 0 unspecified atom stereocenters. The lowest BCUT2D eigenvalue weighted by Gasteiger charge is -2.35. The van der Waals surface area contributed by atoms with Crippen LogP contribution >= 0.6 is 0 Å². The first kappa shape index (κ1) is 40.1. The van der Waals surface area contributed by atoms with Crippen LogP contribution in [-0.4, -0.2) is 21.8 Å². The average Bonchev–Trinajstić information content (AvgIpc) is 4.08. The number of hydrogen-bond acceptors (Lipinski definition) is 0. The monoisotopic (exact) mass is 907 g/mol. The van der Waals surface area contributed by atoms with Crippen LogP contribution in [0.25, 0.3) is 93.6 Å². The van der Waals surface area contributed by atoms with Crippen LogP contribution < -0.4 is 20.7 Å². The third-order valence-electron chi connectivity index (χ3n) is 14.8. The van der Waals surface area contributed by atoms with E-state index in [0.29, 0.717) is 0 Å². The summed E-state index contributed by atoms with van der Waals surface area (Å²) in [6.07, 6.45) is 0. The van der Waals surface area contributed by atoms with E-state index in [-0.39, 0.29) is 0 Å². The minimum Gasteiger partial charge on any atom is -0.309 e. The van der Waals surface area contributed by atoms with Crippen molar-refractivity contribution < 1.29 is 0 Å². The molecule has 0 saturated heterocycles. The van der Waals surface area contributed by atoms with Crippen LogP contribution in [0.3, 0.4) is 0 Å². The predicted molar refractivity (Wildman–Crippen MR) is 299 cm³/mol. The van der Waals surface area contributed by atoms with E-state index in [1.807, 2.05) is 0 Å². The molecule has 14 rings (SSSR count). The topological polar surface area (TPSA) is 14.8 Å². The van der Waals surface area contributed by atoms with Crippen molar-refractivity contribution in [2.45, 2.75) is 0 Å². The molecule has 0 spiro atoms. The van der Waals surface area contributed by atoms with E-state index in [2.05, 4.69) is 287 Å². The Morgan fingerprint density at radius 2 is 0.557 bits per heavy atom. The van der Waals surface area contributed by atoms with Crippen molar-refractivity contribution in [3.8, 4) is 28.2 Å². The zero-order chi connectivity index (χ0) is 46.2. The first-order valence-electron chi connectivity index (χ1n) is 24.2. The van der Waals surface area contributed by atoms with Crippen molar-refractivity contribution in [2.24, 2.45) is 0 Å². The fourth-order valence-corrected chi connectivity index (χ4v) is 16.7. The first-order chi connectivity index (χ1) is 34.8. The molecule has 0 amide bonds. The molecule has 70 heavy (non-hydrogen) atoms. The highest BCUT2D eigenvalue weighted by molar-refractivity contribution is 7.20. The van der Waals surface area contributed by atoms with Crippen molar-refractivity contribution in [3.63, 3.8) is 0 Å². The molecule has 0 aliphatic carbocycles. The van der Waals surface area contributed by atoms with Gasteiger partial charge in [-0.25, -0.2) is 0 Å². The van der Waals surface area contributed by atoms with Gasteiger partial charge in [-0.2, -0.15) is 0 Å². The fraction of sp³-hybridized carbons (Fsp3) is 0. The molecule has 3 nitrogen and oxygen atoms in total. The van der Waals surface area contributed by atoms with E-state index in [1.165, 1.54) is 86.2 Å². The van der Waals surface area contributed by atoms with Gasteiger partial charge in [0.2, 0.25) is 0 Å². The molecule has 14 aromatic rings. The van der Waals surface area contributed by atoms with E-state index < -0.39 is 8.07 Å². The van der Waals surface area contributed by atoms with Crippen LogP contribution in [0.4, 0.5) is 0 Å². The summed E-state index contributed by atoms with van der Waals surface area (Å²) in [5.41, 5.74) is 12.9. The van der Waals surface area contributed by atoms with Gasteiger partial charge in [0.25, 0.3) is 0 Å². The molecule has 0 N–H and O–H groups in total. The van der Waals surface area contributed by atoms with Crippen molar-refractivity contribution in [1.29, 1.82) is 0 Å². The number of nitrogens with zero attached hydrogens (tertiary/aromatic N) is 3. The Kier molecular flexibility index (Phi) is 9.23. The van der Waals surface area contributed by atoms with E-state index in [0.717, 1.165) is 28.2 Å². The van der Waals surface area contributed by atoms with Crippen LogP contribution in [0.2, 0.25) is 0 Å². The van der Waals surface area contributed by atoms with E-state index in [1.54, 1.807) is 0 Å². The highest BCUT2D eigenvalue weighted by atomic mass is 28.3. The first-order valence-corrected chi connectivity index (χ1v) is 26.2. The van der Waals surface area contributed by atoms with Crippen LogP contribution in [0.5, 0.6) is 0 Å². The van der Waals surface area contributed by atoms with Crippen molar-refractivity contribution >= 4 is 94.2 Å². The standard InChI is InChI=1S/C66H45N3Si/c1-3-23-47(24-4-1)70(48-25-5-2-6-26-48,49-27-21-22-46(44-49)67-59-35-14-7-28-51(59)52-29-8-15-36-60(52)67)50-42-43-58(66(45-50)69-64-40-19-11-32-55(64)56-33-12-20-41-65(56)69)57-34-13-18-39-63(57)68-61-37-16-9-30-53(61)54-31-10-17-38-62(54)68/h1-45H. The molecule has 0 aliphatic heterocycles. The second kappa shape index (κ2) is 16.1. The number of para-hydroxylation sites is 7. The molecule has 0 atom stereocenters. The summed E-state index contributed by atoms with van der Waals surface area (Å²) in [6.45, 7) is 0. The van der Waals surface area contributed by atoms with Gasteiger partial charge in [-0.3, -0.25) is 0 Å². The van der Waals surface area contributed by atoms with Gasteiger partial charge in [-0.15, -0.1) is 0 Å². The summed E-state index contributed by atoms with van der Waals surface area (Å²) in [5, 5.41) is 12.7. The van der Waals surface area contributed by atoms with Crippen LogP contribution in [-0.2, 0) is 0 Å². The lowest BCUT2D eigenvalue weighted by molar-refractivity contribution is 1.16. The van der Waals surface area contributed by atoms with Crippen molar-refractivity contribution in [2.75, 3.05) is 0 Å². The van der Waals surface area contributed by atoms with Crippen molar-refractivity contribution in [3.05, 3.63) is 273 Å². The number of benzene rings is 11. The minimum atomic E-state index is -3.15. The van der Waals surface area contributed by atoms with Gasteiger partial charge < -0.3 is 13.7 Å². The second-order valence-corrected chi connectivity index (χ2v) is 22.2. The number of fused-ring (bicyclic) bond motifs is 9.